The van der Waals surface area contributed by atoms with Gasteiger partial charge in [-0.2, -0.15) is 0 Å². The van der Waals surface area contributed by atoms with Crippen molar-refractivity contribution in [3.8, 4) is 0 Å². The molecule has 3 atom stereocenters. The first-order valence-corrected chi connectivity index (χ1v) is 6.97. The van der Waals surface area contributed by atoms with Crippen molar-refractivity contribution < 1.29 is 9.50 Å². The third kappa shape index (κ3) is 3.52. The summed E-state index contributed by atoms with van der Waals surface area (Å²) in [6.07, 6.45) is 3.60. The lowest BCUT2D eigenvalue weighted by Crippen LogP contribution is -2.20. The third-order valence-corrected chi connectivity index (χ3v) is 4.10. The fraction of sp³-hybridized carbons (Fsp3) is 0.571. The van der Waals surface area contributed by atoms with Crippen molar-refractivity contribution >= 4 is 15.9 Å². The molecule has 0 aliphatic heterocycles. The summed E-state index contributed by atoms with van der Waals surface area (Å²) in [6, 6.07) is 4.82. The van der Waals surface area contributed by atoms with Crippen LogP contribution in [0.5, 0.6) is 0 Å². The Bertz CT molecular complexity index is 374. The maximum atomic E-state index is 13.2. The van der Waals surface area contributed by atoms with Gasteiger partial charge in [-0.25, -0.2) is 4.39 Å². The van der Waals surface area contributed by atoms with E-state index in [9.17, 15) is 9.50 Å². The first-order valence-electron chi connectivity index (χ1n) is 6.17. The van der Waals surface area contributed by atoms with Gasteiger partial charge in [-0.05, 0) is 54.9 Å². The molecule has 1 nitrogen and oxygen atoms in total. The first-order chi connectivity index (χ1) is 8.04. The molecule has 2 rings (SSSR count). The number of aliphatic hydroxyl groups excluding tert-OH is 1. The second-order valence-electron chi connectivity index (χ2n) is 5.23. The Labute approximate surface area is 110 Å². The highest BCUT2D eigenvalue weighted by Crippen LogP contribution is 2.33. The van der Waals surface area contributed by atoms with Crippen LogP contribution in [0.3, 0.4) is 0 Å². The van der Waals surface area contributed by atoms with Crippen molar-refractivity contribution in [2.24, 2.45) is 11.8 Å². The maximum Gasteiger partial charge on any atom is 0.124 e. The van der Waals surface area contributed by atoms with Gasteiger partial charge in [-0.1, -0.05) is 29.3 Å². The highest BCUT2D eigenvalue weighted by Gasteiger charge is 2.27. The van der Waals surface area contributed by atoms with Gasteiger partial charge >= 0.3 is 0 Å². The molecule has 17 heavy (non-hydrogen) atoms. The molecular weight excluding hydrogens is 283 g/mol. The summed E-state index contributed by atoms with van der Waals surface area (Å²) in [5.74, 6) is 0.849. The Hall–Kier alpha value is -0.410. The van der Waals surface area contributed by atoms with Crippen LogP contribution in [0.4, 0.5) is 4.39 Å². The van der Waals surface area contributed by atoms with Crippen molar-refractivity contribution in [1.82, 2.24) is 0 Å². The van der Waals surface area contributed by atoms with E-state index in [4.69, 9.17) is 0 Å². The van der Waals surface area contributed by atoms with Crippen LogP contribution in [-0.2, 0) is 6.42 Å². The van der Waals surface area contributed by atoms with E-state index in [1.807, 2.05) is 6.07 Å². The molecule has 1 N–H and O–H groups in total. The molecular formula is C14H18BrFO. The minimum atomic E-state index is -0.339. The van der Waals surface area contributed by atoms with E-state index in [0.29, 0.717) is 18.3 Å². The Morgan fingerprint density at radius 2 is 2.18 bits per heavy atom. The predicted octanol–water partition coefficient (Wildman–Crippen LogP) is 3.93. The second-order valence-corrected chi connectivity index (χ2v) is 6.14. The average Bonchev–Trinajstić information content (AvgIpc) is 2.63. The molecule has 94 valence electrons. The van der Waals surface area contributed by atoms with Gasteiger partial charge in [0.15, 0.2) is 0 Å². The monoisotopic (exact) mass is 300 g/mol. The lowest BCUT2D eigenvalue weighted by Gasteiger charge is -2.18. The fourth-order valence-electron chi connectivity index (χ4n) is 2.74. The predicted molar refractivity (Wildman–Crippen MR) is 70.3 cm³/mol. The summed E-state index contributed by atoms with van der Waals surface area (Å²) in [5.41, 5.74) is 0.865. The van der Waals surface area contributed by atoms with Gasteiger partial charge < -0.3 is 5.11 Å². The van der Waals surface area contributed by atoms with E-state index in [0.717, 1.165) is 22.9 Å². The minimum Gasteiger partial charge on any atom is -0.392 e. The normalized spacial score (nSPS) is 26.1. The summed E-state index contributed by atoms with van der Waals surface area (Å²) in [7, 11) is 0. The second kappa shape index (κ2) is 5.49. The molecule has 1 aromatic rings. The molecule has 0 saturated heterocycles. The van der Waals surface area contributed by atoms with E-state index in [1.165, 1.54) is 18.6 Å². The summed E-state index contributed by atoms with van der Waals surface area (Å²) >= 11 is 3.27. The van der Waals surface area contributed by atoms with Crippen LogP contribution < -0.4 is 0 Å². The molecule has 3 heteroatoms. The van der Waals surface area contributed by atoms with Gasteiger partial charge in [-0.15, -0.1) is 0 Å². The zero-order valence-electron chi connectivity index (χ0n) is 10.00. The molecule has 0 radical (unpaired) electrons. The number of hydrogen-bond donors (Lipinski definition) is 1. The fourth-order valence-corrected chi connectivity index (χ4v) is 3.25. The Balaban J connectivity index is 2.00. The highest BCUT2D eigenvalue weighted by molar-refractivity contribution is 9.10. The Morgan fingerprint density at radius 1 is 1.41 bits per heavy atom. The number of hydrogen-bond acceptors (Lipinski definition) is 1. The van der Waals surface area contributed by atoms with E-state index in [1.54, 1.807) is 0 Å². The van der Waals surface area contributed by atoms with Crippen LogP contribution in [0.2, 0.25) is 0 Å². The molecule has 1 aromatic carbocycles. The number of benzene rings is 1. The van der Waals surface area contributed by atoms with Gasteiger partial charge in [0.05, 0.1) is 6.10 Å². The molecule has 3 unspecified atom stereocenters. The van der Waals surface area contributed by atoms with Crippen molar-refractivity contribution in [1.29, 1.82) is 0 Å². The number of rotatable bonds is 3. The van der Waals surface area contributed by atoms with Crippen LogP contribution >= 0.6 is 15.9 Å². The zero-order valence-corrected chi connectivity index (χ0v) is 11.6. The molecule has 1 saturated carbocycles. The van der Waals surface area contributed by atoms with E-state index >= 15 is 0 Å². The topological polar surface area (TPSA) is 20.2 Å². The molecule has 1 fully saturated rings. The van der Waals surface area contributed by atoms with Crippen molar-refractivity contribution in [3.63, 3.8) is 0 Å². The smallest absolute Gasteiger partial charge is 0.124 e. The van der Waals surface area contributed by atoms with Crippen LogP contribution in [0.15, 0.2) is 22.7 Å². The van der Waals surface area contributed by atoms with Crippen molar-refractivity contribution in [3.05, 3.63) is 34.1 Å². The van der Waals surface area contributed by atoms with Crippen molar-refractivity contribution in [2.45, 2.75) is 38.7 Å². The van der Waals surface area contributed by atoms with Crippen LogP contribution in [0.1, 0.15) is 31.7 Å². The van der Waals surface area contributed by atoms with E-state index in [-0.39, 0.29) is 11.9 Å². The van der Waals surface area contributed by atoms with Gasteiger partial charge in [0, 0.05) is 4.47 Å². The quantitative estimate of drug-likeness (QED) is 0.897. The van der Waals surface area contributed by atoms with Crippen LogP contribution in [0.25, 0.3) is 0 Å². The molecule has 1 aliphatic carbocycles. The Morgan fingerprint density at radius 3 is 2.76 bits per heavy atom. The molecule has 0 heterocycles. The standard InChI is InChI=1S/C14H18BrFO/c1-9-2-3-11(4-9)14(17)7-10-5-12(15)8-13(16)6-10/h5-6,8-9,11,14,17H,2-4,7H2,1H3. The molecule has 0 spiro atoms. The maximum absolute atomic E-state index is 13.2. The molecule has 0 bridgehead atoms. The summed E-state index contributed by atoms with van der Waals surface area (Å²) in [6.45, 7) is 2.23. The minimum absolute atomic E-state index is 0.249. The summed E-state index contributed by atoms with van der Waals surface area (Å²) < 4.78 is 13.9. The highest BCUT2D eigenvalue weighted by atomic mass is 79.9. The van der Waals surface area contributed by atoms with E-state index in [2.05, 4.69) is 22.9 Å². The molecule has 0 amide bonds. The van der Waals surface area contributed by atoms with Gasteiger partial charge in [-0.3, -0.25) is 0 Å². The molecule has 1 aliphatic rings. The van der Waals surface area contributed by atoms with Crippen LogP contribution in [-0.4, -0.2) is 11.2 Å². The van der Waals surface area contributed by atoms with Gasteiger partial charge in [0.1, 0.15) is 5.82 Å². The van der Waals surface area contributed by atoms with E-state index < -0.39 is 0 Å². The zero-order chi connectivity index (χ0) is 12.4. The Kier molecular flexibility index (Phi) is 4.21. The van der Waals surface area contributed by atoms with Gasteiger partial charge in [0.2, 0.25) is 0 Å². The number of aliphatic hydroxyl groups is 1. The van der Waals surface area contributed by atoms with Crippen LogP contribution in [0, 0.1) is 17.7 Å². The summed E-state index contributed by atoms with van der Waals surface area (Å²) in [5, 5.41) is 10.2. The average molecular weight is 301 g/mol. The molecule has 0 aromatic heterocycles. The number of halogens is 2. The lowest BCUT2D eigenvalue weighted by atomic mass is 9.94. The van der Waals surface area contributed by atoms with Crippen molar-refractivity contribution in [2.75, 3.05) is 0 Å². The lowest BCUT2D eigenvalue weighted by molar-refractivity contribution is 0.109. The van der Waals surface area contributed by atoms with Gasteiger partial charge in [0.25, 0.3) is 0 Å². The third-order valence-electron chi connectivity index (χ3n) is 3.65. The largest absolute Gasteiger partial charge is 0.392 e. The first kappa shape index (κ1) is 13.0. The SMILES string of the molecule is CC1CCC(C(O)Cc2cc(F)cc(Br)c2)C1. The summed E-state index contributed by atoms with van der Waals surface area (Å²) in [4.78, 5) is 0.